The van der Waals surface area contributed by atoms with Crippen molar-refractivity contribution >= 4 is 23.2 Å². The highest BCUT2D eigenvalue weighted by molar-refractivity contribution is 7.08. The van der Waals surface area contributed by atoms with Crippen LogP contribution in [0.4, 0.5) is 0 Å². The summed E-state index contributed by atoms with van der Waals surface area (Å²) >= 11 is 1.53. The van der Waals surface area contributed by atoms with Crippen LogP contribution in [0.2, 0.25) is 0 Å². The first kappa shape index (κ1) is 14.5. The van der Waals surface area contributed by atoms with E-state index in [1.54, 1.807) is 4.90 Å². The van der Waals surface area contributed by atoms with Gasteiger partial charge in [-0.2, -0.15) is 11.3 Å². The van der Waals surface area contributed by atoms with Crippen LogP contribution < -0.4 is 0 Å². The molecule has 3 heterocycles. The molecule has 5 nitrogen and oxygen atoms in total. The third-order valence-corrected chi connectivity index (χ3v) is 5.03. The zero-order valence-corrected chi connectivity index (χ0v) is 12.6. The van der Waals surface area contributed by atoms with Gasteiger partial charge in [-0.1, -0.05) is 0 Å². The molecule has 2 fully saturated rings. The number of aliphatic carboxylic acids is 1. The Balaban J connectivity index is 1.87. The second kappa shape index (κ2) is 6.15. The smallest absolute Gasteiger partial charge is 0.308 e. The van der Waals surface area contributed by atoms with Crippen LogP contribution in [0.1, 0.15) is 37.3 Å². The van der Waals surface area contributed by atoms with Crippen molar-refractivity contribution in [1.29, 1.82) is 0 Å². The van der Waals surface area contributed by atoms with Gasteiger partial charge in [0.25, 0.3) is 0 Å². The molecule has 2 aliphatic rings. The molecule has 114 valence electrons. The number of hydrogen-bond donors (Lipinski definition) is 1. The molecule has 0 spiro atoms. The van der Waals surface area contributed by atoms with Gasteiger partial charge in [0.2, 0.25) is 5.91 Å². The standard InChI is InChI=1S/C15H19NO4S/c17-13-4-3-12(15(18)19)14(10-5-7-21-9-10)16(13)8-11-2-1-6-20-11/h5,7,9,11-12,14H,1-4,6,8H2,(H,18,19). The predicted octanol–water partition coefficient (Wildman–Crippen LogP) is 2.29. The number of nitrogens with zero attached hydrogens (tertiary/aromatic N) is 1. The van der Waals surface area contributed by atoms with Crippen molar-refractivity contribution in [2.45, 2.75) is 37.8 Å². The summed E-state index contributed by atoms with van der Waals surface area (Å²) in [6, 6.07) is 1.56. The minimum absolute atomic E-state index is 0.0409. The van der Waals surface area contributed by atoms with Gasteiger partial charge in [-0.3, -0.25) is 9.59 Å². The second-order valence-corrected chi connectivity index (χ2v) is 6.45. The molecule has 0 aromatic carbocycles. The Labute approximate surface area is 127 Å². The van der Waals surface area contributed by atoms with E-state index in [0.29, 0.717) is 19.4 Å². The van der Waals surface area contributed by atoms with Gasteiger partial charge in [0.1, 0.15) is 0 Å². The van der Waals surface area contributed by atoms with Crippen molar-refractivity contribution < 1.29 is 19.4 Å². The molecule has 21 heavy (non-hydrogen) atoms. The Morgan fingerprint density at radius 1 is 1.48 bits per heavy atom. The number of likely N-dealkylation sites (tertiary alicyclic amines) is 1. The Kier molecular flexibility index (Phi) is 4.26. The SMILES string of the molecule is O=C(O)C1CCC(=O)N(CC2CCCO2)C1c1ccsc1. The number of ether oxygens (including phenoxy) is 1. The van der Waals surface area contributed by atoms with E-state index in [1.807, 2.05) is 16.8 Å². The molecule has 1 aromatic rings. The van der Waals surface area contributed by atoms with Gasteiger partial charge in [0.05, 0.1) is 18.1 Å². The Morgan fingerprint density at radius 3 is 2.95 bits per heavy atom. The highest BCUT2D eigenvalue weighted by Crippen LogP contribution is 2.38. The maximum atomic E-state index is 12.3. The molecule has 0 saturated carbocycles. The number of carbonyl (C=O) groups excluding carboxylic acids is 1. The van der Waals surface area contributed by atoms with E-state index < -0.39 is 11.9 Å². The number of carboxylic acid groups (broad SMARTS) is 1. The highest BCUT2D eigenvalue weighted by atomic mass is 32.1. The molecule has 3 atom stereocenters. The summed E-state index contributed by atoms with van der Waals surface area (Å²) in [6.45, 7) is 1.24. The van der Waals surface area contributed by atoms with Gasteiger partial charge in [0.15, 0.2) is 0 Å². The first-order chi connectivity index (χ1) is 10.2. The van der Waals surface area contributed by atoms with Crippen molar-refractivity contribution in [2.24, 2.45) is 5.92 Å². The monoisotopic (exact) mass is 309 g/mol. The summed E-state index contributed by atoms with van der Waals surface area (Å²) in [6.07, 6.45) is 2.72. The van der Waals surface area contributed by atoms with Crippen LogP contribution in [-0.2, 0) is 14.3 Å². The van der Waals surface area contributed by atoms with E-state index in [0.717, 1.165) is 25.0 Å². The average Bonchev–Trinajstić information content (AvgIpc) is 3.13. The van der Waals surface area contributed by atoms with Crippen molar-refractivity contribution in [3.63, 3.8) is 0 Å². The predicted molar refractivity (Wildman–Crippen MR) is 78.1 cm³/mol. The molecule has 3 unspecified atom stereocenters. The van der Waals surface area contributed by atoms with Crippen molar-refractivity contribution in [2.75, 3.05) is 13.2 Å². The molecule has 0 aliphatic carbocycles. The Hall–Kier alpha value is -1.40. The normalized spacial score (nSPS) is 29.8. The minimum Gasteiger partial charge on any atom is -0.481 e. The average molecular weight is 309 g/mol. The molecule has 1 N–H and O–H groups in total. The van der Waals surface area contributed by atoms with E-state index >= 15 is 0 Å². The molecule has 0 radical (unpaired) electrons. The van der Waals surface area contributed by atoms with Crippen LogP contribution in [0.3, 0.4) is 0 Å². The number of hydrogen-bond acceptors (Lipinski definition) is 4. The molecule has 2 aliphatic heterocycles. The van der Waals surface area contributed by atoms with Crippen LogP contribution in [0.25, 0.3) is 0 Å². The van der Waals surface area contributed by atoms with E-state index in [1.165, 1.54) is 11.3 Å². The lowest BCUT2D eigenvalue weighted by atomic mass is 9.85. The Morgan fingerprint density at radius 2 is 2.33 bits per heavy atom. The molecule has 2 saturated heterocycles. The Bertz CT molecular complexity index is 510. The molecule has 1 amide bonds. The second-order valence-electron chi connectivity index (χ2n) is 5.67. The molecular formula is C15H19NO4S. The fourth-order valence-electron chi connectivity index (χ4n) is 3.29. The molecular weight excluding hydrogens is 290 g/mol. The van der Waals surface area contributed by atoms with Crippen LogP contribution >= 0.6 is 11.3 Å². The third kappa shape index (κ3) is 2.96. The van der Waals surface area contributed by atoms with E-state index in [4.69, 9.17) is 4.74 Å². The number of carboxylic acids is 1. The minimum atomic E-state index is -0.823. The molecule has 1 aromatic heterocycles. The lowest BCUT2D eigenvalue weighted by Gasteiger charge is -2.40. The van der Waals surface area contributed by atoms with Gasteiger partial charge in [-0.25, -0.2) is 0 Å². The quantitative estimate of drug-likeness (QED) is 0.926. The third-order valence-electron chi connectivity index (χ3n) is 4.33. The van der Waals surface area contributed by atoms with Gasteiger partial charge in [-0.05, 0) is 41.7 Å². The number of thiophene rings is 1. The molecule has 6 heteroatoms. The largest absolute Gasteiger partial charge is 0.481 e. The van der Waals surface area contributed by atoms with Crippen molar-refractivity contribution in [1.82, 2.24) is 4.90 Å². The van der Waals surface area contributed by atoms with Crippen molar-refractivity contribution in [3.05, 3.63) is 22.4 Å². The summed E-state index contributed by atoms with van der Waals surface area (Å²) in [5.41, 5.74) is 0.929. The van der Waals surface area contributed by atoms with Gasteiger partial charge < -0.3 is 14.7 Å². The van der Waals surface area contributed by atoms with Gasteiger partial charge in [0, 0.05) is 19.6 Å². The van der Waals surface area contributed by atoms with Crippen molar-refractivity contribution in [3.8, 4) is 0 Å². The van der Waals surface area contributed by atoms with Crippen LogP contribution in [0.15, 0.2) is 16.8 Å². The first-order valence-electron chi connectivity index (χ1n) is 7.33. The summed E-state index contributed by atoms with van der Waals surface area (Å²) in [7, 11) is 0. The lowest BCUT2D eigenvalue weighted by Crippen LogP contribution is -2.48. The fraction of sp³-hybridized carbons (Fsp3) is 0.600. The van der Waals surface area contributed by atoms with Crippen LogP contribution in [-0.4, -0.2) is 41.1 Å². The maximum absolute atomic E-state index is 12.3. The van der Waals surface area contributed by atoms with Gasteiger partial charge in [-0.15, -0.1) is 0 Å². The topological polar surface area (TPSA) is 66.8 Å². The van der Waals surface area contributed by atoms with Gasteiger partial charge >= 0.3 is 5.97 Å². The number of carbonyl (C=O) groups is 2. The van der Waals surface area contributed by atoms with E-state index in [2.05, 4.69) is 0 Å². The summed E-state index contributed by atoms with van der Waals surface area (Å²) < 4.78 is 5.63. The maximum Gasteiger partial charge on any atom is 0.308 e. The zero-order chi connectivity index (χ0) is 14.8. The molecule has 3 rings (SSSR count). The number of amides is 1. The molecule has 0 bridgehead atoms. The van der Waals surface area contributed by atoms with E-state index in [9.17, 15) is 14.7 Å². The fourth-order valence-corrected chi connectivity index (χ4v) is 3.98. The number of piperidine rings is 1. The first-order valence-corrected chi connectivity index (χ1v) is 8.27. The highest BCUT2D eigenvalue weighted by Gasteiger charge is 2.41. The van der Waals surface area contributed by atoms with Crippen LogP contribution in [0.5, 0.6) is 0 Å². The van der Waals surface area contributed by atoms with E-state index in [-0.39, 0.29) is 18.1 Å². The summed E-state index contributed by atoms with van der Waals surface area (Å²) in [5.74, 6) is -1.31. The summed E-state index contributed by atoms with van der Waals surface area (Å²) in [4.78, 5) is 25.7. The van der Waals surface area contributed by atoms with Crippen LogP contribution in [0, 0.1) is 5.92 Å². The lowest BCUT2D eigenvalue weighted by molar-refractivity contribution is -0.153. The summed E-state index contributed by atoms with van der Waals surface area (Å²) in [5, 5.41) is 13.4. The zero-order valence-electron chi connectivity index (χ0n) is 11.7. The number of rotatable bonds is 4.